The van der Waals surface area contributed by atoms with Crippen molar-refractivity contribution in [2.45, 2.75) is 38.3 Å². The Balaban J connectivity index is 1.29. The Morgan fingerprint density at radius 2 is 1.69 bits per heavy atom. The topological polar surface area (TPSA) is 47.7 Å². The zero-order chi connectivity index (χ0) is 17.9. The minimum absolute atomic E-state index is 0.0576. The quantitative estimate of drug-likeness (QED) is 0.813. The van der Waals surface area contributed by atoms with E-state index < -0.39 is 0 Å². The highest BCUT2D eigenvalue weighted by Gasteiger charge is 2.25. The lowest BCUT2D eigenvalue weighted by atomic mass is 10.1. The normalized spacial score (nSPS) is 20.8. The van der Waals surface area contributed by atoms with Gasteiger partial charge in [-0.05, 0) is 67.6 Å². The van der Waals surface area contributed by atoms with E-state index in [9.17, 15) is 0 Å². The first kappa shape index (κ1) is 17.2. The van der Waals surface area contributed by atoms with Gasteiger partial charge in [-0.25, -0.2) is 0 Å². The monoisotopic (exact) mass is 352 g/mol. The van der Waals surface area contributed by atoms with Crippen LogP contribution in [-0.4, -0.2) is 25.8 Å². The standard InChI is InChI=1S/C22H28N2O2/c1-16(23)18-4-8-21(9-5-18)26-22-12-13-24(14-22)19-6-10-20(11-7-19)25-15-17-2-3-17/h4-11,16-17,22H,2-3,12-15,23H2,1H3. The molecule has 4 rings (SSSR count). The summed E-state index contributed by atoms with van der Waals surface area (Å²) in [4.78, 5) is 2.38. The van der Waals surface area contributed by atoms with Crippen molar-refractivity contribution in [2.24, 2.45) is 11.7 Å². The summed E-state index contributed by atoms with van der Waals surface area (Å²) in [5.41, 5.74) is 8.27. The third-order valence-corrected chi connectivity index (χ3v) is 5.24. The van der Waals surface area contributed by atoms with Gasteiger partial charge >= 0.3 is 0 Å². The highest BCUT2D eigenvalue weighted by atomic mass is 16.5. The van der Waals surface area contributed by atoms with Crippen LogP contribution in [0, 0.1) is 5.92 Å². The molecule has 1 saturated carbocycles. The van der Waals surface area contributed by atoms with Gasteiger partial charge in [0.25, 0.3) is 0 Å². The minimum atomic E-state index is 0.0576. The maximum atomic E-state index is 6.15. The molecule has 1 aliphatic carbocycles. The molecule has 2 aromatic carbocycles. The number of anilines is 1. The van der Waals surface area contributed by atoms with Crippen molar-refractivity contribution >= 4 is 5.69 Å². The summed E-state index contributed by atoms with van der Waals surface area (Å²) in [5.74, 6) is 2.68. The van der Waals surface area contributed by atoms with Crippen LogP contribution in [0.3, 0.4) is 0 Å². The zero-order valence-corrected chi connectivity index (χ0v) is 15.4. The smallest absolute Gasteiger partial charge is 0.119 e. The number of hydrogen-bond donors (Lipinski definition) is 1. The van der Waals surface area contributed by atoms with E-state index in [1.165, 1.54) is 18.5 Å². The van der Waals surface area contributed by atoms with Gasteiger partial charge in [0.05, 0.1) is 13.2 Å². The fraction of sp³-hybridized carbons (Fsp3) is 0.455. The van der Waals surface area contributed by atoms with E-state index in [-0.39, 0.29) is 12.1 Å². The molecule has 4 heteroatoms. The van der Waals surface area contributed by atoms with Crippen molar-refractivity contribution in [1.82, 2.24) is 0 Å². The first-order valence-corrected chi connectivity index (χ1v) is 9.67. The predicted octanol–water partition coefficient (Wildman–Crippen LogP) is 4.15. The molecule has 2 N–H and O–H groups in total. The molecule has 2 aromatic rings. The van der Waals surface area contributed by atoms with Crippen molar-refractivity contribution in [3.63, 3.8) is 0 Å². The van der Waals surface area contributed by atoms with Crippen LogP contribution >= 0.6 is 0 Å². The van der Waals surface area contributed by atoms with E-state index >= 15 is 0 Å². The van der Waals surface area contributed by atoms with E-state index in [1.54, 1.807) is 0 Å². The van der Waals surface area contributed by atoms with Crippen molar-refractivity contribution < 1.29 is 9.47 Å². The van der Waals surface area contributed by atoms with Crippen molar-refractivity contribution in [2.75, 3.05) is 24.6 Å². The maximum Gasteiger partial charge on any atom is 0.119 e. The first-order chi connectivity index (χ1) is 12.7. The summed E-state index contributed by atoms with van der Waals surface area (Å²) in [6, 6.07) is 16.7. The molecular formula is C22H28N2O2. The number of hydrogen-bond acceptors (Lipinski definition) is 4. The van der Waals surface area contributed by atoms with E-state index in [2.05, 4.69) is 29.2 Å². The highest BCUT2D eigenvalue weighted by molar-refractivity contribution is 5.50. The Morgan fingerprint density at radius 1 is 1.00 bits per heavy atom. The SMILES string of the molecule is CC(N)c1ccc(OC2CCN(c3ccc(OCC4CC4)cc3)C2)cc1. The number of nitrogens with two attached hydrogens (primary N) is 1. The summed E-state index contributed by atoms with van der Waals surface area (Å²) < 4.78 is 12.0. The second-order valence-corrected chi connectivity index (χ2v) is 7.58. The van der Waals surface area contributed by atoms with Gasteiger partial charge in [0, 0.05) is 24.7 Å². The Bertz CT molecular complexity index is 708. The van der Waals surface area contributed by atoms with Gasteiger partial charge in [-0.15, -0.1) is 0 Å². The summed E-state index contributed by atoms with van der Waals surface area (Å²) in [6.45, 7) is 4.79. The van der Waals surface area contributed by atoms with Gasteiger partial charge in [-0.2, -0.15) is 0 Å². The van der Waals surface area contributed by atoms with Gasteiger partial charge in [-0.1, -0.05) is 12.1 Å². The van der Waals surface area contributed by atoms with Crippen LogP contribution in [-0.2, 0) is 0 Å². The fourth-order valence-corrected chi connectivity index (χ4v) is 3.35. The molecule has 4 nitrogen and oxygen atoms in total. The summed E-state index contributed by atoms with van der Waals surface area (Å²) in [5, 5.41) is 0. The number of rotatable bonds is 7. The molecule has 138 valence electrons. The Morgan fingerprint density at radius 3 is 2.35 bits per heavy atom. The second kappa shape index (κ2) is 7.58. The maximum absolute atomic E-state index is 6.15. The van der Waals surface area contributed by atoms with E-state index in [0.29, 0.717) is 0 Å². The molecule has 1 heterocycles. The average molecular weight is 352 g/mol. The third-order valence-electron chi connectivity index (χ3n) is 5.24. The average Bonchev–Trinajstić information content (AvgIpc) is 3.38. The molecule has 1 saturated heterocycles. The fourth-order valence-electron chi connectivity index (χ4n) is 3.35. The van der Waals surface area contributed by atoms with Crippen molar-refractivity contribution in [3.05, 3.63) is 54.1 Å². The van der Waals surface area contributed by atoms with E-state index in [1.807, 2.05) is 31.2 Å². The van der Waals surface area contributed by atoms with Crippen LogP contribution in [0.2, 0.25) is 0 Å². The molecular weight excluding hydrogens is 324 g/mol. The van der Waals surface area contributed by atoms with Gasteiger partial charge < -0.3 is 20.1 Å². The van der Waals surface area contributed by atoms with Crippen LogP contribution in [0.5, 0.6) is 11.5 Å². The summed E-state index contributed by atoms with van der Waals surface area (Å²) in [7, 11) is 0. The van der Waals surface area contributed by atoms with Crippen molar-refractivity contribution in [3.8, 4) is 11.5 Å². The second-order valence-electron chi connectivity index (χ2n) is 7.58. The van der Waals surface area contributed by atoms with Gasteiger partial charge in [-0.3, -0.25) is 0 Å². The molecule has 26 heavy (non-hydrogen) atoms. The number of ether oxygens (including phenoxy) is 2. The first-order valence-electron chi connectivity index (χ1n) is 9.67. The molecule has 0 amide bonds. The Labute approximate surface area is 155 Å². The van der Waals surface area contributed by atoms with E-state index in [0.717, 1.165) is 49.1 Å². The summed E-state index contributed by atoms with van der Waals surface area (Å²) in [6.07, 6.45) is 3.90. The molecule has 2 aliphatic rings. The van der Waals surface area contributed by atoms with Crippen LogP contribution in [0.4, 0.5) is 5.69 Å². The Hall–Kier alpha value is -2.20. The molecule has 1 aliphatic heterocycles. The highest BCUT2D eigenvalue weighted by Crippen LogP contribution is 2.30. The summed E-state index contributed by atoms with van der Waals surface area (Å²) >= 11 is 0. The molecule has 0 radical (unpaired) electrons. The number of nitrogens with zero attached hydrogens (tertiary/aromatic N) is 1. The minimum Gasteiger partial charge on any atom is -0.493 e. The molecule has 0 aromatic heterocycles. The molecule has 0 spiro atoms. The molecule has 2 fully saturated rings. The van der Waals surface area contributed by atoms with Gasteiger partial charge in [0.15, 0.2) is 0 Å². The molecule has 0 bridgehead atoms. The lowest BCUT2D eigenvalue weighted by Gasteiger charge is -2.19. The zero-order valence-electron chi connectivity index (χ0n) is 15.4. The predicted molar refractivity (Wildman–Crippen MR) is 105 cm³/mol. The Kier molecular flexibility index (Phi) is 5.02. The van der Waals surface area contributed by atoms with Gasteiger partial charge in [0.1, 0.15) is 17.6 Å². The molecule has 2 atom stereocenters. The lowest BCUT2D eigenvalue weighted by Crippen LogP contribution is -2.24. The largest absolute Gasteiger partial charge is 0.493 e. The van der Waals surface area contributed by atoms with Crippen LogP contribution in [0.1, 0.15) is 37.8 Å². The van der Waals surface area contributed by atoms with Crippen molar-refractivity contribution in [1.29, 1.82) is 0 Å². The van der Waals surface area contributed by atoms with Crippen LogP contribution in [0.25, 0.3) is 0 Å². The number of benzene rings is 2. The van der Waals surface area contributed by atoms with E-state index in [4.69, 9.17) is 15.2 Å². The molecule has 2 unspecified atom stereocenters. The van der Waals surface area contributed by atoms with Gasteiger partial charge in [0.2, 0.25) is 0 Å². The van der Waals surface area contributed by atoms with Crippen LogP contribution in [0.15, 0.2) is 48.5 Å². The van der Waals surface area contributed by atoms with Crippen LogP contribution < -0.4 is 20.1 Å². The lowest BCUT2D eigenvalue weighted by molar-refractivity contribution is 0.225. The third kappa shape index (κ3) is 4.31.